The molecular weight excluding hydrogens is 365 g/mol. The summed E-state index contributed by atoms with van der Waals surface area (Å²) in [4.78, 5) is 14.5. The number of amides is 1. The van der Waals surface area contributed by atoms with E-state index >= 15 is 0 Å². The number of hydrogen-bond donors (Lipinski definition) is 1. The molecule has 0 saturated carbocycles. The van der Waals surface area contributed by atoms with Crippen LogP contribution in [0.4, 0.5) is 24.5 Å². The summed E-state index contributed by atoms with van der Waals surface area (Å²) in [7, 11) is 0. The predicted octanol–water partition coefficient (Wildman–Crippen LogP) is 5.19. The van der Waals surface area contributed by atoms with Crippen molar-refractivity contribution in [2.45, 2.75) is 6.04 Å². The number of rotatable bonds is 4. The minimum absolute atomic E-state index is 0.269. The average molecular weight is 380 g/mol. The summed E-state index contributed by atoms with van der Waals surface area (Å²) >= 11 is 0. The Balaban J connectivity index is 1.73. The van der Waals surface area contributed by atoms with E-state index in [-0.39, 0.29) is 17.4 Å². The molecule has 28 heavy (non-hydrogen) atoms. The Hall–Kier alpha value is -3.54. The first-order valence-corrected chi connectivity index (χ1v) is 8.60. The van der Waals surface area contributed by atoms with Crippen LogP contribution in [0.5, 0.6) is 0 Å². The molecule has 1 atom stereocenters. The number of nitrogens with one attached hydrogen (secondary N) is 1. The summed E-state index contributed by atoms with van der Waals surface area (Å²) in [6.45, 7) is 0. The molecule has 4 rings (SSSR count). The predicted molar refractivity (Wildman–Crippen MR) is 101 cm³/mol. The van der Waals surface area contributed by atoms with Crippen LogP contribution in [-0.2, 0) is 4.79 Å². The molecule has 3 aromatic carbocycles. The fraction of sp³-hybridized carbons (Fsp3) is 0.0455. The van der Waals surface area contributed by atoms with Crippen molar-refractivity contribution in [3.05, 3.63) is 108 Å². The van der Waals surface area contributed by atoms with Gasteiger partial charge in [-0.05, 0) is 72.3 Å². The Labute approximate surface area is 159 Å². The monoisotopic (exact) mass is 380 g/mol. The molecule has 1 aliphatic heterocycles. The van der Waals surface area contributed by atoms with E-state index in [2.05, 4.69) is 5.32 Å². The van der Waals surface area contributed by atoms with Gasteiger partial charge in [0.15, 0.2) is 0 Å². The van der Waals surface area contributed by atoms with Gasteiger partial charge in [0.25, 0.3) is 5.91 Å². The molecule has 0 fully saturated rings. The van der Waals surface area contributed by atoms with Gasteiger partial charge in [0.05, 0.1) is 6.04 Å². The van der Waals surface area contributed by atoms with E-state index in [4.69, 9.17) is 0 Å². The highest BCUT2D eigenvalue weighted by molar-refractivity contribution is 6.11. The van der Waals surface area contributed by atoms with Gasteiger partial charge in [-0.2, -0.15) is 0 Å². The van der Waals surface area contributed by atoms with E-state index in [1.807, 2.05) is 0 Å². The second-order valence-electron chi connectivity index (χ2n) is 6.36. The summed E-state index contributed by atoms with van der Waals surface area (Å²) in [6.07, 6.45) is 1.67. The van der Waals surface area contributed by atoms with Crippen molar-refractivity contribution >= 4 is 17.3 Å². The molecule has 3 aromatic rings. The molecule has 1 unspecified atom stereocenters. The van der Waals surface area contributed by atoms with Crippen molar-refractivity contribution in [1.82, 2.24) is 0 Å². The standard InChI is InChI=1S/C22H15F3N2O/c23-15-4-8-18(9-5-15)26-20-13-21(14-2-1-3-17(25)12-14)27(22(20)28)19-10-6-16(24)7-11-19/h1-13,21,26H. The minimum atomic E-state index is -0.573. The summed E-state index contributed by atoms with van der Waals surface area (Å²) in [5.41, 5.74) is 1.87. The van der Waals surface area contributed by atoms with Crippen LogP contribution < -0.4 is 10.2 Å². The topological polar surface area (TPSA) is 32.3 Å². The van der Waals surface area contributed by atoms with Crippen LogP contribution in [0.1, 0.15) is 11.6 Å². The van der Waals surface area contributed by atoms with E-state index in [9.17, 15) is 18.0 Å². The van der Waals surface area contributed by atoms with Gasteiger partial charge in [0, 0.05) is 11.4 Å². The summed E-state index contributed by atoms with van der Waals surface area (Å²) in [6, 6.07) is 16.5. The number of nitrogens with zero attached hydrogens (tertiary/aromatic N) is 1. The number of halogens is 3. The number of carbonyl (C=O) groups is 1. The molecule has 3 nitrogen and oxygen atoms in total. The molecule has 1 heterocycles. The van der Waals surface area contributed by atoms with Crippen molar-refractivity contribution in [3.8, 4) is 0 Å². The zero-order valence-electron chi connectivity index (χ0n) is 14.6. The third kappa shape index (κ3) is 3.49. The maximum Gasteiger partial charge on any atom is 0.275 e. The number of carbonyl (C=O) groups excluding carboxylic acids is 1. The molecule has 0 bridgehead atoms. The second kappa shape index (κ2) is 7.23. The summed E-state index contributed by atoms with van der Waals surface area (Å²) in [5.74, 6) is -1.58. The Morgan fingerprint density at radius 3 is 2.07 bits per heavy atom. The first-order valence-electron chi connectivity index (χ1n) is 8.60. The van der Waals surface area contributed by atoms with E-state index in [1.54, 1.807) is 18.2 Å². The van der Waals surface area contributed by atoms with Crippen LogP contribution in [0.3, 0.4) is 0 Å². The second-order valence-corrected chi connectivity index (χ2v) is 6.36. The Morgan fingerprint density at radius 2 is 1.43 bits per heavy atom. The van der Waals surface area contributed by atoms with Crippen molar-refractivity contribution in [2.75, 3.05) is 10.2 Å². The van der Waals surface area contributed by atoms with Gasteiger partial charge < -0.3 is 5.32 Å². The van der Waals surface area contributed by atoms with E-state index in [0.717, 1.165) is 0 Å². The lowest BCUT2D eigenvalue weighted by Gasteiger charge is -2.25. The lowest BCUT2D eigenvalue weighted by atomic mass is 10.1. The van der Waals surface area contributed by atoms with E-state index in [0.29, 0.717) is 16.9 Å². The normalized spacial score (nSPS) is 16.2. The summed E-state index contributed by atoms with van der Waals surface area (Å²) in [5, 5.41) is 2.98. The van der Waals surface area contributed by atoms with Crippen LogP contribution in [0.2, 0.25) is 0 Å². The van der Waals surface area contributed by atoms with Crippen LogP contribution >= 0.6 is 0 Å². The van der Waals surface area contributed by atoms with Gasteiger partial charge in [-0.15, -0.1) is 0 Å². The van der Waals surface area contributed by atoms with Gasteiger partial charge >= 0.3 is 0 Å². The molecule has 0 aromatic heterocycles. The van der Waals surface area contributed by atoms with Crippen molar-refractivity contribution in [3.63, 3.8) is 0 Å². The molecule has 0 radical (unpaired) electrons. The quantitative estimate of drug-likeness (QED) is 0.676. The van der Waals surface area contributed by atoms with Gasteiger partial charge in [-0.1, -0.05) is 12.1 Å². The molecule has 6 heteroatoms. The van der Waals surface area contributed by atoms with Crippen LogP contribution in [0.25, 0.3) is 0 Å². The highest BCUT2D eigenvalue weighted by atomic mass is 19.1. The lowest BCUT2D eigenvalue weighted by molar-refractivity contribution is -0.114. The molecule has 0 aliphatic carbocycles. The smallest absolute Gasteiger partial charge is 0.275 e. The SMILES string of the molecule is O=C1C(Nc2ccc(F)cc2)=CC(c2cccc(F)c2)N1c1ccc(F)cc1. The van der Waals surface area contributed by atoms with Crippen LogP contribution in [0, 0.1) is 17.5 Å². The van der Waals surface area contributed by atoms with E-state index < -0.39 is 17.7 Å². The van der Waals surface area contributed by atoms with Gasteiger partial charge in [-0.3, -0.25) is 9.69 Å². The highest BCUT2D eigenvalue weighted by Gasteiger charge is 2.35. The van der Waals surface area contributed by atoms with Crippen LogP contribution in [-0.4, -0.2) is 5.91 Å². The molecular formula is C22H15F3N2O. The molecule has 1 aliphatic rings. The van der Waals surface area contributed by atoms with Gasteiger partial charge in [-0.25, -0.2) is 13.2 Å². The average Bonchev–Trinajstić information content (AvgIpc) is 3.01. The Morgan fingerprint density at radius 1 is 0.786 bits per heavy atom. The molecule has 0 spiro atoms. The first-order chi connectivity index (χ1) is 13.5. The fourth-order valence-electron chi connectivity index (χ4n) is 3.16. The third-order valence-electron chi connectivity index (χ3n) is 4.47. The molecule has 140 valence electrons. The van der Waals surface area contributed by atoms with Gasteiger partial charge in [0.1, 0.15) is 23.1 Å². The van der Waals surface area contributed by atoms with Crippen molar-refractivity contribution in [1.29, 1.82) is 0 Å². The summed E-state index contributed by atoms with van der Waals surface area (Å²) < 4.78 is 40.2. The number of benzene rings is 3. The maximum absolute atomic E-state index is 13.8. The Kier molecular flexibility index (Phi) is 4.61. The first kappa shape index (κ1) is 17.9. The maximum atomic E-state index is 13.8. The number of anilines is 2. The lowest BCUT2D eigenvalue weighted by Crippen LogP contribution is -2.30. The van der Waals surface area contributed by atoms with Gasteiger partial charge in [0.2, 0.25) is 0 Å². The Bertz CT molecular complexity index is 1050. The zero-order chi connectivity index (χ0) is 19.7. The molecule has 1 N–H and O–H groups in total. The fourth-order valence-corrected chi connectivity index (χ4v) is 3.16. The molecule has 0 saturated heterocycles. The van der Waals surface area contributed by atoms with Crippen molar-refractivity contribution in [2.24, 2.45) is 0 Å². The zero-order valence-corrected chi connectivity index (χ0v) is 14.6. The van der Waals surface area contributed by atoms with Crippen LogP contribution in [0.15, 0.2) is 84.6 Å². The largest absolute Gasteiger partial charge is 0.351 e. The third-order valence-corrected chi connectivity index (χ3v) is 4.47. The molecule has 1 amide bonds. The van der Waals surface area contributed by atoms with Crippen molar-refractivity contribution < 1.29 is 18.0 Å². The number of hydrogen-bond acceptors (Lipinski definition) is 2. The minimum Gasteiger partial charge on any atom is -0.351 e. The highest BCUT2D eigenvalue weighted by Crippen LogP contribution is 2.36. The van der Waals surface area contributed by atoms with E-state index in [1.165, 1.54) is 65.6 Å².